The zero-order valence-corrected chi connectivity index (χ0v) is 18.2. The highest BCUT2D eigenvalue weighted by molar-refractivity contribution is 14.0. The van der Waals surface area contributed by atoms with Crippen molar-refractivity contribution in [3.05, 3.63) is 53.3 Å². The van der Waals surface area contributed by atoms with E-state index < -0.39 is 0 Å². The largest absolute Gasteiger partial charge is 0.454 e. The van der Waals surface area contributed by atoms with Crippen molar-refractivity contribution in [3.63, 3.8) is 0 Å². The summed E-state index contributed by atoms with van der Waals surface area (Å²) in [6.45, 7) is 6.85. The molecular weight excluding hydrogens is 455 g/mol. The van der Waals surface area contributed by atoms with Crippen LogP contribution in [0.2, 0.25) is 0 Å². The first-order valence-corrected chi connectivity index (χ1v) is 9.06. The van der Waals surface area contributed by atoms with Crippen molar-refractivity contribution in [1.29, 1.82) is 0 Å². The Labute approximate surface area is 177 Å². The predicted molar refractivity (Wildman–Crippen MR) is 118 cm³/mol. The van der Waals surface area contributed by atoms with E-state index in [4.69, 9.17) is 9.47 Å². The number of ether oxygens (including phenoxy) is 2. The smallest absolute Gasteiger partial charge is 0.231 e. The molecule has 6 nitrogen and oxygen atoms in total. The Morgan fingerprint density at radius 3 is 2.81 bits per heavy atom. The van der Waals surface area contributed by atoms with Gasteiger partial charge in [-0.25, -0.2) is 0 Å². The molecule has 0 unspecified atom stereocenters. The molecule has 2 N–H and O–H groups in total. The molecule has 0 fully saturated rings. The standard InChI is InChI=1S/C20H26N4O2.HI/c1-3-22-20(24-11-8-17-7-9-21-13-15(17)2)23-10-6-16-4-5-18-19(12-16)26-14-25-18;/h4-5,7,9,12-13H,3,6,8,10-11,14H2,1-2H3,(H2,22,23,24);1H. The van der Waals surface area contributed by atoms with E-state index in [1.54, 1.807) is 0 Å². The summed E-state index contributed by atoms with van der Waals surface area (Å²) in [7, 11) is 0. The van der Waals surface area contributed by atoms with Gasteiger partial charge in [-0.05, 0) is 61.6 Å². The maximum absolute atomic E-state index is 5.43. The van der Waals surface area contributed by atoms with Crippen LogP contribution in [0, 0.1) is 6.92 Å². The van der Waals surface area contributed by atoms with Crippen molar-refractivity contribution in [2.24, 2.45) is 4.99 Å². The van der Waals surface area contributed by atoms with E-state index in [2.05, 4.69) is 46.6 Å². The van der Waals surface area contributed by atoms with Gasteiger partial charge >= 0.3 is 0 Å². The molecule has 0 saturated heterocycles. The van der Waals surface area contributed by atoms with Crippen molar-refractivity contribution in [2.45, 2.75) is 26.7 Å². The van der Waals surface area contributed by atoms with Crippen LogP contribution in [0.5, 0.6) is 11.5 Å². The molecule has 0 spiro atoms. The fraction of sp³-hybridized carbons (Fsp3) is 0.400. The molecule has 0 saturated carbocycles. The number of aryl methyl sites for hydroxylation is 1. The lowest BCUT2D eigenvalue weighted by Crippen LogP contribution is -2.38. The van der Waals surface area contributed by atoms with Gasteiger partial charge in [0.15, 0.2) is 17.5 Å². The minimum atomic E-state index is 0. The number of hydrogen-bond acceptors (Lipinski definition) is 4. The van der Waals surface area contributed by atoms with E-state index in [0.29, 0.717) is 6.79 Å². The summed E-state index contributed by atoms with van der Waals surface area (Å²) in [5, 5.41) is 6.69. The highest BCUT2D eigenvalue weighted by Gasteiger charge is 2.12. The average molecular weight is 482 g/mol. The van der Waals surface area contributed by atoms with Crippen molar-refractivity contribution < 1.29 is 9.47 Å². The minimum Gasteiger partial charge on any atom is -0.454 e. The van der Waals surface area contributed by atoms with Crippen molar-refractivity contribution >= 4 is 29.9 Å². The second-order valence-corrected chi connectivity index (χ2v) is 6.18. The Morgan fingerprint density at radius 2 is 2.00 bits per heavy atom. The maximum atomic E-state index is 5.43. The molecule has 0 amide bonds. The molecule has 0 atom stereocenters. The summed E-state index contributed by atoms with van der Waals surface area (Å²) < 4.78 is 10.8. The summed E-state index contributed by atoms with van der Waals surface area (Å²) in [5.74, 6) is 2.50. The van der Waals surface area contributed by atoms with Crippen molar-refractivity contribution in [2.75, 3.05) is 26.4 Å². The van der Waals surface area contributed by atoms with E-state index in [1.165, 1.54) is 16.7 Å². The van der Waals surface area contributed by atoms with E-state index in [1.807, 2.05) is 24.5 Å². The number of hydrogen-bond donors (Lipinski definition) is 2. The molecule has 27 heavy (non-hydrogen) atoms. The lowest BCUT2D eigenvalue weighted by molar-refractivity contribution is 0.174. The summed E-state index contributed by atoms with van der Waals surface area (Å²) in [5.41, 5.74) is 3.72. The number of guanidine groups is 1. The molecule has 146 valence electrons. The van der Waals surface area contributed by atoms with E-state index in [0.717, 1.165) is 49.9 Å². The average Bonchev–Trinajstić information content (AvgIpc) is 3.11. The molecule has 0 bridgehead atoms. The van der Waals surface area contributed by atoms with Crippen LogP contribution in [0.1, 0.15) is 23.6 Å². The third-order valence-electron chi connectivity index (χ3n) is 4.27. The number of aromatic nitrogens is 1. The van der Waals surface area contributed by atoms with Gasteiger partial charge in [-0.2, -0.15) is 0 Å². The van der Waals surface area contributed by atoms with Gasteiger partial charge in [-0.3, -0.25) is 9.98 Å². The molecule has 1 aliphatic rings. The lowest BCUT2D eigenvalue weighted by Gasteiger charge is -2.12. The molecule has 1 aliphatic heterocycles. The topological polar surface area (TPSA) is 67.8 Å². The summed E-state index contributed by atoms with van der Waals surface area (Å²) in [6.07, 6.45) is 5.53. The fourth-order valence-corrected chi connectivity index (χ4v) is 2.83. The Hall–Kier alpha value is -2.03. The van der Waals surface area contributed by atoms with Crippen molar-refractivity contribution in [1.82, 2.24) is 15.6 Å². The Morgan fingerprint density at radius 1 is 1.15 bits per heavy atom. The zero-order valence-electron chi connectivity index (χ0n) is 15.8. The normalized spacial score (nSPS) is 12.4. The van der Waals surface area contributed by atoms with Crippen LogP contribution in [0.3, 0.4) is 0 Å². The summed E-state index contributed by atoms with van der Waals surface area (Å²) in [6, 6.07) is 8.14. The number of nitrogens with zero attached hydrogens (tertiary/aromatic N) is 2. The SMILES string of the molecule is CCNC(=NCCc1ccncc1C)NCCc1ccc2c(c1)OCO2.I. The first-order chi connectivity index (χ1) is 12.8. The third-order valence-corrected chi connectivity index (χ3v) is 4.27. The molecule has 2 heterocycles. The quantitative estimate of drug-likeness (QED) is 0.361. The number of fused-ring (bicyclic) bond motifs is 1. The Kier molecular flexibility index (Phi) is 8.63. The van der Waals surface area contributed by atoms with Gasteiger partial charge in [0.1, 0.15) is 0 Å². The van der Waals surface area contributed by atoms with Crippen LogP contribution in [-0.4, -0.2) is 37.4 Å². The zero-order chi connectivity index (χ0) is 18.2. The first kappa shape index (κ1) is 21.3. The number of pyridine rings is 1. The summed E-state index contributed by atoms with van der Waals surface area (Å²) >= 11 is 0. The van der Waals surface area contributed by atoms with E-state index >= 15 is 0 Å². The van der Waals surface area contributed by atoms with Gasteiger partial charge in [0.2, 0.25) is 6.79 Å². The van der Waals surface area contributed by atoms with Crippen molar-refractivity contribution in [3.8, 4) is 11.5 Å². The second kappa shape index (κ2) is 11.0. The van der Waals surface area contributed by atoms with Gasteiger partial charge < -0.3 is 20.1 Å². The van der Waals surface area contributed by atoms with Crippen LogP contribution < -0.4 is 20.1 Å². The number of nitrogens with one attached hydrogen (secondary N) is 2. The van der Waals surface area contributed by atoms with E-state index in [9.17, 15) is 0 Å². The highest BCUT2D eigenvalue weighted by atomic mass is 127. The molecule has 3 rings (SSSR count). The number of rotatable bonds is 7. The van der Waals surface area contributed by atoms with Gasteiger partial charge in [0.05, 0.1) is 0 Å². The summed E-state index contributed by atoms with van der Waals surface area (Å²) in [4.78, 5) is 8.80. The van der Waals surface area contributed by atoms with Gasteiger partial charge in [-0.1, -0.05) is 6.07 Å². The minimum absolute atomic E-state index is 0. The molecule has 0 aliphatic carbocycles. The van der Waals surface area contributed by atoms with Crippen LogP contribution in [0.15, 0.2) is 41.7 Å². The molecule has 1 aromatic carbocycles. The van der Waals surface area contributed by atoms with Crippen LogP contribution in [0.4, 0.5) is 0 Å². The van der Waals surface area contributed by atoms with Crippen LogP contribution in [0.25, 0.3) is 0 Å². The molecule has 2 aromatic rings. The van der Waals surface area contributed by atoms with Gasteiger partial charge in [-0.15, -0.1) is 24.0 Å². The molecule has 1 aromatic heterocycles. The molecular formula is C20H27IN4O2. The van der Waals surface area contributed by atoms with Gasteiger partial charge in [0.25, 0.3) is 0 Å². The molecule has 0 radical (unpaired) electrons. The second-order valence-electron chi connectivity index (χ2n) is 6.18. The third kappa shape index (κ3) is 6.27. The number of aliphatic imine (C=N–C) groups is 1. The fourth-order valence-electron chi connectivity index (χ4n) is 2.83. The Balaban J connectivity index is 0.00000261. The predicted octanol–water partition coefficient (Wildman–Crippen LogP) is 3.08. The van der Waals surface area contributed by atoms with E-state index in [-0.39, 0.29) is 24.0 Å². The molecule has 7 heteroatoms. The first-order valence-electron chi connectivity index (χ1n) is 9.06. The maximum Gasteiger partial charge on any atom is 0.231 e. The monoisotopic (exact) mass is 482 g/mol. The lowest BCUT2D eigenvalue weighted by atomic mass is 10.1. The number of benzene rings is 1. The van der Waals surface area contributed by atoms with Crippen LogP contribution >= 0.6 is 24.0 Å². The van der Waals surface area contributed by atoms with Crippen LogP contribution in [-0.2, 0) is 12.8 Å². The highest BCUT2D eigenvalue weighted by Crippen LogP contribution is 2.32. The number of halogens is 1. The van der Waals surface area contributed by atoms with Gasteiger partial charge in [0, 0.05) is 32.0 Å². The Bertz CT molecular complexity index is 767.